The molecule has 0 saturated heterocycles. The Morgan fingerprint density at radius 3 is 2.94 bits per heavy atom. The minimum Gasteiger partial charge on any atom is -0.334 e. The molecular formula is C13H14ClN3O. The second kappa shape index (κ2) is 5.08. The molecule has 0 bridgehead atoms. The molecule has 1 aliphatic carbocycles. The molecule has 1 N–H and O–H groups in total. The first-order valence-electron chi connectivity index (χ1n) is 6.14. The van der Waals surface area contributed by atoms with Crippen molar-refractivity contribution < 1.29 is 4.52 Å². The molecule has 1 aliphatic rings. The first-order chi connectivity index (χ1) is 8.83. The van der Waals surface area contributed by atoms with Crippen molar-refractivity contribution in [3.05, 3.63) is 35.1 Å². The van der Waals surface area contributed by atoms with Gasteiger partial charge in [-0.15, -0.1) is 0 Å². The summed E-state index contributed by atoms with van der Waals surface area (Å²) in [5.74, 6) is 1.21. The summed E-state index contributed by atoms with van der Waals surface area (Å²) in [7, 11) is 0. The van der Waals surface area contributed by atoms with Crippen LogP contribution in [0.5, 0.6) is 0 Å². The van der Waals surface area contributed by atoms with Gasteiger partial charge in [-0.1, -0.05) is 28.9 Å². The van der Waals surface area contributed by atoms with Gasteiger partial charge < -0.3 is 9.84 Å². The van der Waals surface area contributed by atoms with E-state index in [0.29, 0.717) is 17.0 Å². The van der Waals surface area contributed by atoms with Crippen LogP contribution in [-0.2, 0) is 6.42 Å². The highest BCUT2D eigenvalue weighted by Crippen LogP contribution is 2.25. The van der Waals surface area contributed by atoms with Gasteiger partial charge in [-0.2, -0.15) is 4.98 Å². The van der Waals surface area contributed by atoms with Gasteiger partial charge in [0.1, 0.15) is 0 Å². The van der Waals surface area contributed by atoms with Crippen molar-refractivity contribution in [2.75, 3.05) is 6.54 Å². The van der Waals surface area contributed by atoms with Gasteiger partial charge in [0.2, 0.25) is 0 Å². The number of rotatable bonds is 5. The molecule has 94 valence electrons. The van der Waals surface area contributed by atoms with Crippen LogP contribution in [0.1, 0.15) is 18.7 Å². The molecule has 5 heteroatoms. The fraction of sp³-hybridized carbons (Fsp3) is 0.385. The van der Waals surface area contributed by atoms with Crippen molar-refractivity contribution >= 4 is 11.6 Å². The smallest absolute Gasteiger partial charge is 0.259 e. The molecule has 0 unspecified atom stereocenters. The van der Waals surface area contributed by atoms with Crippen LogP contribution in [0.15, 0.2) is 28.8 Å². The van der Waals surface area contributed by atoms with E-state index in [1.54, 1.807) is 0 Å². The first-order valence-corrected chi connectivity index (χ1v) is 6.51. The molecule has 18 heavy (non-hydrogen) atoms. The van der Waals surface area contributed by atoms with E-state index in [1.807, 2.05) is 24.3 Å². The van der Waals surface area contributed by atoms with Crippen molar-refractivity contribution in [3.8, 4) is 11.5 Å². The maximum Gasteiger partial charge on any atom is 0.259 e. The maximum absolute atomic E-state index is 6.08. The summed E-state index contributed by atoms with van der Waals surface area (Å²) < 4.78 is 5.23. The largest absolute Gasteiger partial charge is 0.334 e. The lowest BCUT2D eigenvalue weighted by atomic mass is 10.2. The van der Waals surface area contributed by atoms with E-state index < -0.39 is 0 Å². The van der Waals surface area contributed by atoms with Crippen molar-refractivity contribution in [1.29, 1.82) is 0 Å². The molecular weight excluding hydrogens is 250 g/mol. The monoisotopic (exact) mass is 263 g/mol. The van der Waals surface area contributed by atoms with E-state index in [2.05, 4.69) is 15.5 Å². The van der Waals surface area contributed by atoms with Crippen molar-refractivity contribution in [3.63, 3.8) is 0 Å². The Morgan fingerprint density at radius 1 is 1.33 bits per heavy atom. The number of benzene rings is 1. The van der Waals surface area contributed by atoms with Crippen LogP contribution in [0.3, 0.4) is 0 Å². The lowest BCUT2D eigenvalue weighted by Gasteiger charge is -1.97. The Hall–Kier alpha value is -1.39. The van der Waals surface area contributed by atoms with Crippen molar-refractivity contribution in [2.24, 2.45) is 0 Å². The molecule has 4 nitrogen and oxygen atoms in total. The van der Waals surface area contributed by atoms with Gasteiger partial charge in [0, 0.05) is 19.0 Å². The summed E-state index contributed by atoms with van der Waals surface area (Å²) >= 11 is 6.08. The highest BCUT2D eigenvalue weighted by Gasteiger charge is 2.20. The van der Waals surface area contributed by atoms with Crippen LogP contribution >= 0.6 is 11.6 Å². The molecule has 1 heterocycles. The fourth-order valence-electron chi connectivity index (χ4n) is 1.78. The maximum atomic E-state index is 6.08. The van der Waals surface area contributed by atoms with Crippen LogP contribution in [0.25, 0.3) is 11.5 Å². The molecule has 1 aromatic carbocycles. The zero-order chi connectivity index (χ0) is 12.4. The Bertz CT molecular complexity index is 537. The minimum absolute atomic E-state index is 0.488. The highest BCUT2D eigenvalue weighted by atomic mass is 35.5. The summed E-state index contributed by atoms with van der Waals surface area (Å²) in [4.78, 5) is 4.36. The van der Waals surface area contributed by atoms with Crippen LogP contribution in [-0.4, -0.2) is 22.7 Å². The van der Waals surface area contributed by atoms with Crippen molar-refractivity contribution in [1.82, 2.24) is 15.5 Å². The van der Waals surface area contributed by atoms with Gasteiger partial charge in [-0.3, -0.25) is 0 Å². The predicted octanol–water partition coefficient (Wildman–Crippen LogP) is 2.68. The molecule has 0 spiro atoms. The highest BCUT2D eigenvalue weighted by molar-refractivity contribution is 6.33. The molecule has 1 fully saturated rings. The number of halogens is 1. The van der Waals surface area contributed by atoms with Crippen LogP contribution < -0.4 is 5.32 Å². The second-order valence-corrected chi connectivity index (χ2v) is 4.88. The van der Waals surface area contributed by atoms with Gasteiger partial charge in [-0.25, -0.2) is 0 Å². The standard InChI is InChI=1S/C13H14ClN3O/c14-11-4-2-1-3-10(11)13-16-12(17-18-13)7-8-15-9-5-6-9/h1-4,9,15H,5-8H2. The summed E-state index contributed by atoms with van der Waals surface area (Å²) in [5.41, 5.74) is 0.785. The SMILES string of the molecule is Clc1ccccc1-c1nc(CCNC2CC2)no1. The van der Waals surface area contributed by atoms with E-state index in [9.17, 15) is 0 Å². The molecule has 3 rings (SSSR count). The third kappa shape index (κ3) is 2.71. The molecule has 0 aliphatic heterocycles. The summed E-state index contributed by atoms with van der Waals surface area (Å²) in [6.07, 6.45) is 3.36. The van der Waals surface area contributed by atoms with Crippen molar-refractivity contribution in [2.45, 2.75) is 25.3 Å². The molecule has 0 radical (unpaired) electrons. The van der Waals surface area contributed by atoms with E-state index in [-0.39, 0.29) is 0 Å². The number of nitrogens with one attached hydrogen (secondary N) is 1. The van der Waals surface area contributed by atoms with Gasteiger partial charge in [-0.05, 0) is 25.0 Å². The van der Waals surface area contributed by atoms with Crippen LogP contribution in [0, 0.1) is 0 Å². The summed E-state index contributed by atoms with van der Waals surface area (Å²) in [6.45, 7) is 0.895. The average Bonchev–Trinajstić information content (AvgIpc) is 3.08. The van der Waals surface area contributed by atoms with Crippen LogP contribution in [0.2, 0.25) is 5.02 Å². The van der Waals surface area contributed by atoms with Gasteiger partial charge in [0.05, 0.1) is 10.6 Å². The van der Waals surface area contributed by atoms with Gasteiger partial charge >= 0.3 is 0 Å². The van der Waals surface area contributed by atoms with E-state index >= 15 is 0 Å². The Morgan fingerprint density at radius 2 is 2.17 bits per heavy atom. The molecule has 1 saturated carbocycles. The summed E-state index contributed by atoms with van der Waals surface area (Å²) in [6, 6.07) is 8.18. The third-order valence-corrected chi connectivity index (χ3v) is 3.26. The fourth-order valence-corrected chi connectivity index (χ4v) is 1.99. The Labute approximate surface area is 110 Å². The quantitative estimate of drug-likeness (QED) is 0.901. The van der Waals surface area contributed by atoms with Gasteiger partial charge in [0.25, 0.3) is 5.89 Å². The third-order valence-electron chi connectivity index (χ3n) is 2.93. The van der Waals surface area contributed by atoms with E-state index in [0.717, 1.165) is 24.4 Å². The molecule has 0 atom stereocenters. The Kier molecular flexibility index (Phi) is 3.30. The molecule has 1 aromatic heterocycles. The van der Waals surface area contributed by atoms with Gasteiger partial charge in [0.15, 0.2) is 5.82 Å². The van der Waals surface area contributed by atoms with Crippen LogP contribution in [0.4, 0.5) is 0 Å². The zero-order valence-corrected chi connectivity index (χ0v) is 10.7. The molecule has 2 aromatic rings. The number of aromatic nitrogens is 2. The molecule has 0 amide bonds. The van der Waals surface area contributed by atoms with E-state index in [4.69, 9.17) is 16.1 Å². The normalized spacial score (nSPS) is 14.9. The predicted molar refractivity (Wildman–Crippen MR) is 69.5 cm³/mol. The van der Waals surface area contributed by atoms with E-state index in [1.165, 1.54) is 12.8 Å². The second-order valence-electron chi connectivity index (χ2n) is 4.47. The average molecular weight is 264 g/mol. The topological polar surface area (TPSA) is 51.0 Å². The number of nitrogens with zero attached hydrogens (tertiary/aromatic N) is 2. The first kappa shape index (κ1) is 11.7. The number of hydrogen-bond acceptors (Lipinski definition) is 4. The minimum atomic E-state index is 0.488. The Balaban J connectivity index is 1.66. The lowest BCUT2D eigenvalue weighted by molar-refractivity contribution is 0.421. The zero-order valence-electron chi connectivity index (χ0n) is 9.90. The lowest BCUT2D eigenvalue weighted by Crippen LogP contribution is -2.19. The summed E-state index contributed by atoms with van der Waals surface area (Å²) in [5, 5.41) is 8.01. The number of hydrogen-bond donors (Lipinski definition) is 1.